The van der Waals surface area contributed by atoms with Crippen LogP contribution in [-0.2, 0) is 20.2 Å². The van der Waals surface area contributed by atoms with Crippen molar-refractivity contribution in [1.29, 1.82) is 0 Å². The largest absolute Gasteiger partial charge is 0.301 e. The fourth-order valence-corrected chi connectivity index (χ4v) is 3.32. The second kappa shape index (κ2) is 6.40. The first kappa shape index (κ1) is 18.2. The summed E-state index contributed by atoms with van der Waals surface area (Å²) in [5.41, 5.74) is 7.14. The molecular weight excluding hydrogens is 356 g/mol. The lowest BCUT2D eigenvalue weighted by atomic mass is 10.2. The normalized spacial score (nSPS) is 12.0. The molecule has 0 bridgehead atoms. The van der Waals surface area contributed by atoms with Crippen LogP contribution in [0, 0.1) is 13.8 Å². The van der Waals surface area contributed by atoms with Gasteiger partial charge in [-0.2, -0.15) is 16.8 Å². The van der Waals surface area contributed by atoms with Crippen LogP contribution < -0.4 is 10.9 Å². The van der Waals surface area contributed by atoms with Gasteiger partial charge in [-0.25, -0.2) is 0 Å². The van der Waals surface area contributed by atoms with Gasteiger partial charge in [-0.1, -0.05) is 6.07 Å². The van der Waals surface area contributed by atoms with Crippen molar-refractivity contribution in [2.75, 3.05) is 10.9 Å². The van der Waals surface area contributed by atoms with Crippen LogP contribution in [0.4, 0.5) is 11.4 Å². The zero-order valence-corrected chi connectivity index (χ0v) is 14.4. The molecule has 0 spiro atoms. The lowest BCUT2D eigenvalue weighted by molar-refractivity contribution is 0.481. The Kier molecular flexibility index (Phi) is 4.85. The summed E-state index contributed by atoms with van der Waals surface area (Å²) in [5, 5.41) is 0. The molecule has 0 radical (unpaired) electrons. The van der Waals surface area contributed by atoms with Gasteiger partial charge in [0.2, 0.25) is 0 Å². The third kappa shape index (κ3) is 4.23. The molecule has 2 rings (SSSR count). The Hall–Kier alpha value is -2.14. The van der Waals surface area contributed by atoms with Crippen LogP contribution >= 0.6 is 0 Å². The molecule has 0 atom stereocenters. The average molecular weight is 372 g/mol. The van der Waals surface area contributed by atoms with Gasteiger partial charge in [-0.15, -0.1) is 0 Å². The summed E-state index contributed by atoms with van der Waals surface area (Å²) in [5.74, 6) is 0. The molecule has 0 aliphatic heterocycles. The van der Waals surface area contributed by atoms with Gasteiger partial charge in [0, 0.05) is 0 Å². The summed E-state index contributed by atoms with van der Waals surface area (Å²) in [7, 11) is -8.71. The van der Waals surface area contributed by atoms with Crippen molar-refractivity contribution in [2.24, 2.45) is 0 Å². The van der Waals surface area contributed by atoms with Crippen LogP contribution in [0.1, 0.15) is 11.1 Å². The summed E-state index contributed by atoms with van der Waals surface area (Å²) in [4.78, 5) is -0.540. The van der Waals surface area contributed by atoms with Gasteiger partial charge in [0.15, 0.2) is 0 Å². The number of benzene rings is 2. The first-order chi connectivity index (χ1) is 11.0. The minimum absolute atomic E-state index is 0.126. The molecule has 0 aliphatic rings. The van der Waals surface area contributed by atoms with Gasteiger partial charge in [0.05, 0.1) is 16.3 Å². The Morgan fingerprint density at radius 1 is 0.792 bits per heavy atom. The van der Waals surface area contributed by atoms with E-state index in [1.807, 2.05) is 0 Å². The highest BCUT2D eigenvalue weighted by atomic mass is 32.2. The molecule has 0 aromatic heterocycles. The van der Waals surface area contributed by atoms with Gasteiger partial charge in [-0.05, 0) is 55.3 Å². The van der Waals surface area contributed by atoms with Gasteiger partial charge in [0.1, 0.15) is 4.90 Å². The summed E-state index contributed by atoms with van der Waals surface area (Å²) in [6.07, 6.45) is 0. The van der Waals surface area contributed by atoms with E-state index in [0.717, 1.165) is 0 Å². The number of hydrogen-bond acceptors (Lipinski definition) is 6. The number of rotatable bonds is 5. The fourth-order valence-electron chi connectivity index (χ4n) is 2.02. The third-order valence-corrected chi connectivity index (χ3v) is 4.99. The second-order valence-corrected chi connectivity index (χ2v) is 7.99. The Labute approximate surface area is 140 Å². The van der Waals surface area contributed by atoms with Crippen molar-refractivity contribution in [2.45, 2.75) is 23.6 Å². The van der Waals surface area contributed by atoms with E-state index in [4.69, 9.17) is 4.55 Å². The first-order valence-corrected chi connectivity index (χ1v) is 9.55. The SMILES string of the molecule is Cc1ccc(NNc2ccc(S(=O)(=O)O)cc2C)c(S(=O)(=O)O)c1. The molecule has 0 saturated carbocycles. The average Bonchev–Trinajstić information content (AvgIpc) is 2.45. The van der Waals surface area contributed by atoms with Crippen LogP contribution in [0.5, 0.6) is 0 Å². The maximum absolute atomic E-state index is 11.4. The molecule has 0 saturated heterocycles. The maximum Gasteiger partial charge on any atom is 0.296 e. The molecule has 8 nitrogen and oxygen atoms in total. The van der Waals surface area contributed by atoms with E-state index in [0.29, 0.717) is 16.8 Å². The van der Waals surface area contributed by atoms with E-state index >= 15 is 0 Å². The molecule has 0 heterocycles. The van der Waals surface area contributed by atoms with E-state index in [9.17, 15) is 21.4 Å². The van der Waals surface area contributed by atoms with Crippen LogP contribution in [0.15, 0.2) is 46.2 Å². The minimum Gasteiger partial charge on any atom is -0.301 e. The van der Waals surface area contributed by atoms with Gasteiger partial charge >= 0.3 is 0 Å². The predicted octanol–water partition coefficient (Wildman–Crippen LogP) is 2.24. The number of nitrogens with one attached hydrogen (secondary N) is 2. The van der Waals surface area contributed by atoms with Crippen LogP contribution in [0.25, 0.3) is 0 Å². The Morgan fingerprint density at radius 3 is 1.92 bits per heavy atom. The zero-order valence-electron chi connectivity index (χ0n) is 12.8. The standard InChI is InChI=1S/C14H16N2O6S2/c1-9-3-5-13(14(7-9)24(20,21)22)16-15-12-6-4-11(8-10(12)2)23(17,18)19/h3-8,15-16H,1-2H3,(H,17,18,19)(H,20,21,22). The monoisotopic (exact) mass is 372 g/mol. The highest BCUT2D eigenvalue weighted by Gasteiger charge is 2.16. The van der Waals surface area contributed by atoms with Crippen molar-refractivity contribution < 1.29 is 25.9 Å². The molecule has 2 aromatic rings. The van der Waals surface area contributed by atoms with Crippen LogP contribution in [0.2, 0.25) is 0 Å². The van der Waals surface area contributed by atoms with E-state index in [1.165, 1.54) is 30.3 Å². The zero-order chi connectivity index (χ0) is 18.1. The summed E-state index contributed by atoms with van der Waals surface area (Å²) >= 11 is 0. The number of anilines is 2. The first-order valence-electron chi connectivity index (χ1n) is 6.67. The Balaban J connectivity index is 2.30. The lowest BCUT2D eigenvalue weighted by Gasteiger charge is -2.15. The smallest absolute Gasteiger partial charge is 0.296 e. The molecule has 0 unspecified atom stereocenters. The van der Waals surface area contributed by atoms with E-state index in [-0.39, 0.29) is 15.5 Å². The Morgan fingerprint density at radius 2 is 1.38 bits per heavy atom. The molecule has 2 aromatic carbocycles. The summed E-state index contributed by atoms with van der Waals surface area (Å²) in [6, 6.07) is 8.32. The molecule has 24 heavy (non-hydrogen) atoms. The predicted molar refractivity (Wildman–Crippen MR) is 89.2 cm³/mol. The van der Waals surface area contributed by atoms with Crippen molar-refractivity contribution in [3.63, 3.8) is 0 Å². The quantitative estimate of drug-likeness (QED) is 0.464. The van der Waals surface area contributed by atoms with Gasteiger partial charge in [0.25, 0.3) is 20.2 Å². The highest BCUT2D eigenvalue weighted by Crippen LogP contribution is 2.24. The van der Waals surface area contributed by atoms with Gasteiger partial charge in [-0.3, -0.25) is 14.5 Å². The molecule has 4 N–H and O–H groups in total. The number of hydrazine groups is 1. The van der Waals surface area contributed by atoms with Gasteiger partial charge < -0.3 is 5.43 Å². The van der Waals surface area contributed by atoms with Crippen molar-refractivity contribution >= 4 is 31.6 Å². The topological polar surface area (TPSA) is 133 Å². The number of hydrogen-bond donors (Lipinski definition) is 4. The lowest BCUT2D eigenvalue weighted by Crippen LogP contribution is -2.13. The number of aryl methyl sites for hydroxylation is 2. The summed E-state index contributed by atoms with van der Waals surface area (Å²) < 4.78 is 63.3. The second-order valence-electron chi connectivity index (χ2n) is 5.18. The van der Waals surface area contributed by atoms with Crippen molar-refractivity contribution in [3.05, 3.63) is 47.5 Å². The molecule has 0 amide bonds. The Bertz CT molecular complexity index is 984. The van der Waals surface area contributed by atoms with E-state index in [1.54, 1.807) is 19.9 Å². The van der Waals surface area contributed by atoms with Crippen molar-refractivity contribution in [1.82, 2.24) is 0 Å². The van der Waals surface area contributed by atoms with Crippen LogP contribution in [0.3, 0.4) is 0 Å². The highest BCUT2D eigenvalue weighted by molar-refractivity contribution is 7.86. The molecule has 0 fully saturated rings. The van der Waals surface area contributed by atoms with E-state index < -0.39 is 20.2 Å². The van der Waals surface area contributed by atoms with Crippen LogP contribution in [-0.4, -0.2) is 25.9 Å². The fraction of sp³-hybridized carbons (Fsp3) is 0.143. The molecular formula is C14H16N2O6S2. The molecule has 10 heteroatoms. The molecule has 0 aliphatic carbocycles. The minimum atomic E-state index is -4.41. The van der Waals surface area contributed by atoms with E-state index in [2.05, 4.69) is 10.9 Å². The molecule has 130 valence electrons. The van der Waals surface area contributed by atoms with Crippen molar-refractivity contribution in [3.8, 4) is 0 Å². The summed E-state index contributed by atoms with van der Waals surface area (Å²) in [6.45, 7) is 3.29. The third-order valence-electron chi connectivity index (χ3n) is 3.24. The maximum atomic E-state index is 11.4.